The molecule has 0 aliphatic heterocycles. The molecule has 7 nitrogen and oxygen atoms in total. The van der Waals surface area contributed by atoms with Gasteiger partial charge in [-0.05, 0) is 82.3 Å². The van der Waals surface area contributed by atoms with E-state index < -0.39 is 28.5 Å². The van der Waals surface area contributed by atoms with Gasteiger partial charge in [0.1, 0.15) is 12.6 Å². The minimum atomic E-state index is -4.11. The Hall–Kier alpha value is -3.65. The zero-order chi connectivity index (χ0) is 30.3. The molecule has 0 fully saturated rings. The van der Waals surface area contributed by atoms with E-state index in [2.05, 4.69) is 5.32 Å². The third-order valence-corrected chi connectivity index (χ3v) is 9.37. The molecule has 0 bridgehead atoms. The van der Waals surface area contributed by atoms with Gasteiger partial charge in [0.05, 0.1) is 10.6 Å². The first-order chi connectivity index (χ1) is 19.4. The summed E-state index contributed by atoms with van der Waals surface area (Å²) in [7, 11) is -4.11. The number of nitrogens with one attached hydrogen (secondary N) is 1. The molecule has 0 saturated carbocycles. The fraction of sp³-hybridized carbons (Fsp3) is 0.394. The van der Waals surface area contributed by atoms with Crippen molar-refractivity contribution in [1.29, 1.82) is 0 Å². The first-order valence-corrected chi connectivity index (χ1v) is 15.6. The second kappa shape index (κ2) is 13.8. The van der Waals surface area contributed by atoms with Crippen LogP contribution >= 0.6 is 0 Å². The summed E-state index contributed by atoms with van der Waals surface area (Å²) in [5.41, 5.74) is 4.99. The number of rotatable bonds is 12. The van der Waals surface area contributed by atoms with Gasteiger partial charge in [0, 0.05) is 12.6 Å². The highest BCUT2D eigenvalue weighted by molar-refractivity contribution is 7.92. The van der Waals surface area contributed by atoms with Crippen LogP contribution in [0.1, 0.15) is 61.4 Å². The summed E-state index contributed by atoms with van der Waals surface area (Å²) in [4.78, 5) is 29.2. The highest BCUT2D eigenvalue weighted by atomic mass is 32.2. The summed E-state index contributed by atoms with van der Waals surface area (Å²) in [6.07, 6.45) is 1.14. The molecule has 0 aliphatic carbocycles. The van der Waals surface area contributed by atoms with Crippen molar-refractivity contribution in [2.24, 2.45) is 0 Å². The largest absolute Gasteiger partial charge is 0.352 e. The Labute approximate surface area is 245 Å². The zero-order valence-corrected chi connectivity index (χ0v) is 26.1. The van der Waals surface area contributed by atoms with E-state index in [1.165, 1.54) is 9.21 Å². The number of hydrogen-bond donors (Lipinski definition) is 1. The van der Waals surface area contributed by atoms with Gasteiger partial charge in [-0.1, -0.05) is 73.5 Å². The van der Waals surface area contributed by atoms with Crippen LogP contribution in [0.2, 0.25) is 0 Å². The van der Waals surface area contributed by atoms with Gasteiger partial charge < -0.3 is 10.2 Å². The van der Waals surface area contributed by atoms with Crippen LogP contribution in [0.5, 0.6) is 0 Å². The molecule has 41 heavy (non-hydrogen) atoms. The Morgan fingerprint density at radius 1 is 0.829 bits per heavy atom. The van der Waals surface area contributed by atoms with E-state index in [4.69, 9.17) is 0 Å². The van der Waals surface area contributed by atoms with Crippen LogP contribution in [0.3, 0.4) is 0 Å². The number of aryl methyl sites for hydroxylation is 3. The van der Waals surface area contributed by atoms with Crippen molar-refractivity contribution in [2.45, 2.75) is 84.8 Å². The quantitative estimate of drug-likeness (QED) is 0.293. The van der Waals surface area contributed by atoms with Gasteiger partial charge in [-0.3, -0.25) is 13.9 Å². The molecule has 0 aliphatic rings. The fourth-order valence-electron chi connectivity index (χ4n) is 4.61. The first-order valence-electron chi connectivity index (χ1n) is 14.2. The smallest absolute Gasteiger partial charge is 0.264 e. The Kier molecular flexibility index (Phi) is 10.7. The minimum Gasteiger partial charge on any atom is -0.352 e. The SMILES string of the molecule is CCC(C)NC(=O)C(CC)N(Cc1ccc(C)cc1)C(=O)CN(c1cccc(C)c1C)S(=O)(=O)c1ccc(C)cc1. The lowest BCUT2D eigenvalue weighted by Gasteiger charge is -2.34. The van der Waals surface area contributed by atoms with E-state index in [0.717, 1.165) is 34.2 Å². The normalized spacial score (nSPS) is 12.9. The fourth-order valence-corrected chi connectivity index (χ4v) is 6.08. The maximum Gasteiger partial charge on any atom is 0.264 e. The lowest BCUT2D eigenvalue weighted by atomic mass is 10.1. The molecule has 220 valence electrons. The molecule has 0 spiro atoms. The topological polar surface area (TPSA) is 86.8 Å². The molecule has 0 saturated heterocycles. The maximum absolute atomic E-state index is 14.2. The van der Waals surface area contributed by atoms with Crippen LogP contribution in [-0.4, -0.2) is 43.8 Å². The summed E-state index contributed by atoms with van der Waals surface area (Å²) in [5.74, 6) is -0.699. The van der Waals surface area contributed by atoms with Crippen molar-refractivity contribution >= 4 is 27.5 Å². The third kappa shape index (κ3) is 7.76. The van der Waals surface area contributed by atoms with Crippen molar-refractivity contribution in [3.8, 4) is 0 Å². The van der Waals surface area contributed by atoms with Crippen molar-refractivity contribution < 1.29 is 18.0 Å². The summed E-state index contributed by atoms with van der Waals surface area (Å²) >= 11 is 0. The van der Waals surface area contributed by atoms with Crippen molar-refractivity contribution in [3.05, 3.63) is 94.5 Å². The predicted octanol–water partition coefficient (Wildman–Crippen LogP) is 5.84. The molecule has 2 atom stereocenters. The van der Waals surface area contributed by atoms with Gasteiger partial charge in [0.25, 0.3) is 10.0 Å². The monoisotopic (exact) mass is 577 g/mol. The average Bonchev–Trinajstić information content (AvgIpc) is 2.94. The molecule has 3 rings (SSSR count). The van der Waals surface area contributed by atoms with E-state index in [9.17, 15) is 18.0 Å². The van der Waals surface area contributed by atoms with E-state index in [-0.39, 0.29) is 23.4 Å². The van der Waals surface area contributed by atoms with Crippen LogP contribution in [0.25, 0.3) is 0 Å². The van der Waals surface area contributed by atoms with E-state index in [1.54, 1.807) is 36.4 Å². The van der Waals surface area contributed by atoms with Crippen molar-refractivity contribution in [1.82, 2.24) is 10.2 Å². The van der Waals surface area contributed by atoms with Gasteiger partial charge in [-0.25, -0.2) is 8.42 Å². The summed E-state index contributed by atoms with van der Waals surface area (Å²) in [6.45, 7) is 13.1. The van der Waals surface area contributed by atoms with Gasteiger partial charge in [-0.15, -0.1) is 0 Å². The molecule has 1 N–H and O–H groups in total. The van der Waals surface area contributed by atoms with Crippen molar-refractivity contribution in [3.63, 3.8) is 0 Å². The maximum atomic E-state index is 14.2. The molecule has 0 aromatic heterocycles. The van der Waals surface area contributed by atoms with Gasteiger partial charge in [0.2, 0.25) is 11.8 Å². The Bertz CT molecular complexity index is 1450. The number of carbonyl (C=O) groups is 2. The van der Waals surface area contributed by atoms with Crippen LogP contribution < -0.4 is 9.62 Å². The van der Waals surface area contributed by atoms with Crippen LogP contribution in [-0.2, 0) is 26.2 Å². The number of hydrogen-bond acceptors (Lipinski definition) is 4. The second-order valence-corrected chi connectivity index (χ2v) is 12.7. The minimum absolute atomic E-state index is 0.0544. The second-order valence-electron chi connectivity index (χ2n) is 10.8. The first kappa shape index (κ1) is 31.9. The lowest BCUT2D eigenvalue weighted by molar-refractivity contribution is -0.140. The van der Waals surface area contributed by atoms with Crippen LogP contribution in [0.4, 0.5) is 5.69 Å². The van der Waals surface area contributed by atoms with Crippen LogP contribution in [0.15, 0.2) is 71.6 Å². The summed E-state index contributed by atoms with van der Waals surface area (Å²) < 4.78 is 29.4. The van der Waals surface area contributed by atoms with Crippen LogP contribution in [0, 0.1) is 27.7 Å². The number of carbonyl (C=O) groups excluding carboxylic acids is 2. The summed E-state index contributed by atoms with van der Waals surface area (Å²) in [6, 6.07) is 19.0. The number of amides is 2. The molecule has 3 aromatic carbocycles. The van der Waals surface area contributed by atoms with E-state index in [1.807, 2.05) is 78.8 Å². The molecule has 0 radical (unpaired) electrons. The highest BCUT2D eigenvalue weighted by Gasteiger charge is 2.34. The zero-order valence-electron chi connectivity index (χ0n) is 25.3. The number of benzene rings is 3. The number of nitrogens with zero attached hydrogens (tertiary/aromatic N) is 2. The number of sulfonamides is 1. The molecule has 3 aromatic rings. The van der Waals surface area contributed by atoms with Gasteiger partial charge >= 0.3 is 0 Å². The Morgan fingerprint density at radius 2 is 1.41 bits per heavy atom. The molecule has 2 unspecified atom stereocenters. The molecular weight excluding hydrogens is 534 g/mol. The van der Waals surface area contributed by atoms with E-state index >= 15 is 0 Å². The van der Waals surface area contributed by atoms with Gasteiger partial charge in [0.15, 0.2) is 0 Å². The lowest BCUT2D eigenvalue weighted by Crippen LogP contribution is -2.53. The summed E-state index contributed by atoms with van der Waals surface area (Å²) in [5, 5.41) is 3.01. The predicted molar refractivity (Wildman–Crippen MR) is 165 cm³/mol. The average molecular weight is 578 g/mol. The number of anilines is 1. The molecular formula is C33H43N3O4S. The third-order valence-electron chi connectivity index (χ3n) is 7.59. The van der Waals surface area contributed by atoms with Crippen molar-refractivity contribution in [2.75, 3.05) is 10.8 Å². The van der Waals surface area contributed by atoms with Gasteiger partial charge in [-0.2, -0.15) is 0 Å². The molecule has 8 heteroatoms. The van der Waals surface area contributed by atoms with E-state index in [0.29, 0.717) is 12.1 Å². The molecule has 2 amide bonds. The molecule has 0 heterocycles. The Morgan fingerprint density at radius 3 is 1.98 bits per heavy atom. The highest BCUT2D eigenvalue weighted by Crippen LogP contribution is 2.29. The standard InChI is InChI=1S/C33H43N3O4S/c1-8-26(6)34-33(38)30(9-2)35(21-28-17-13-23(3)14-18-28)32(37)22-36(31-12-10-11-25(5)27(31)7)41(39,40)29-19-15-24(4)16-20-29/h10-20,26,30H,8-9,21-22H2,1-7H3,(H,34,38). The Balaban J connectivity index is 2.10.